The first-order valence-electron chi connectivity index (χ1n) is 9.03. The number of thiophene rings is 1. The van der Waals surface area contributed by atoms with Gasteiger partial charge in [0.15, 0.2) is 5.96 Å². The van der Waals surface area contributed by atoms with Crippen molar-refractivity contribution in [2.24, 2.45) is 4.99 Å². The fourth-order valence-electron chi connectivity index (χ4n) is 2.61. The number of nitrogens with one attached hydrogen (secondary N) is 2. The van der Waals surface area contributed by atoms with Gasteiger partial charge in [0.25, 0.3) is 0 Å². The van der Waals surface area contributed by atoms with E-state index in [1.165, 1.54) is 9.75 Å². The standard InChI is InChI=1S/C20H29N3O3S.HI/c1-6-15-8-9-16(27-15)12-22-20(21-7-2)23-13-17-18(25-4)10-14(24-3)11-19(17)26-5;/h8-11H,6-7,12-13H2,1-5H3,(H2,21,22,23);1H. The minimum absolute atomic E-state index is 0. The average Bonchev–Trinajstić information content (AvgIpc) is 3.17. The van der Waals surface area contributed by atoms with Gasteiger partial charge in [0.2, 0.25) is 0 Å². The zero-order valence-corrected chi connectivity index (χ0v) is 20.3. The zero-order chi connectivity index (χ0) is 19.6. The van der Waals surface area contributed by atoms with Crippen molar-refractivity contribution < 1.29 is 14.2 Å². The lowest BCUT2D eigenvalue weighted by atomic mass is 10.1. The predicted molar refractivity (Wildman–Crippen MR) is 127 cm³/mol. The van der Waals surface area contributed by atoms with Crippen LogP contribution in [0.1, 0.15) is 29.2 Å². The molecule has 1 heterocycles. The van der Waals surface area contributed by atoms with Gasteiger partial charge >= 0.3 is 0 Å². The molecule has 28 heavy (non-hydrogen) atoms. The number of guanidine groups is 1. The van der Waals surface area contributed by atoms with Gasteiger partial charge in [0.1, 0.15) is 17.2 Å². The summed E-state index contributed by atoms with van der Waals surface area (Å²) in [6.07, 6.45) is 1.07. The maximum atomic E-state index is 5.50. The smallest absolute Gasteiger partial charge is 0.191 e. The van der Waals surface area contributed by atoms with Gasteiger partial charge in [-0.15, -0.1) is 35.3 Å². The van der Waals surface area contributed by atoms with Crippen molar-refractivity contribution in [3.8, 4) is 17.2 Å². The van der Waals surface area contributed by atoms with Crippen molar-refractivity contribution in [3.63, 3.8) is 0 Å². The van der Waals surface area contributed by atoms with Crippen LogP contribution >= 0.6 is 35.3 Å². The molecule has 2 N–H and O–H groups in total. The molecule has 156 valence electrons. The van der Waals surface area contributed by atoms with E-state index in [1.807, 2.05) is 30.4 Å². The van der Waals surface area contributed by atoms with E-state index in [-0.39, 0.29) is 24.0 Å². The molecule has 0 radical (unpaired) electrons. The van der Waals surface area contributed by atoms with Crippen LogP contribution in [0.2, 0.25) is 0 Å². The summed E-state index contributed by atoms with van der Waals surface area (Å²) in [5, 5.41) is 6.66. The molecular weight excluding hydrogens is 489 g/mol. The van der Waals surface area contributed by atoms with Crippen molar-refractivity contribution in [2.45, 2.75) is 33.4 Å². The van der Waals surface area contributed by atoms with Crippen LogP contribution in [0.5, 0.6) is 17.2 Å². The number of hydrogen-bond acceptors (Lipinski definition) is 5. The van der Waals surface area contributed by atoms with Crippen molar-refractivity contribution in [1.82, 2.24) is 10.6 Å². The number of aryl methyl sites for hydroxylation is 1. The van der Waals surface area contributed by atoms with Crippen molar-refractivity contribution in [2.75, 3.05) is 27.9 Å². The number of nitrogens with zero attached hydrogens (tertiary/aromatic N) is 1. The lowest BCUT2D eigenvalue weighted by Gasteiger charge is -2.15. The number of benzene rings is 1. The first kappa shape index (κ1) is 24.4. The Labute approximate surface area is 188 Å². The lowest BCUT2D eigenvalue weighted by molar-refractivity contribution is 0.369. The number of rotatable bonds is 9. The number of ether oxygens (including phenoxy) is 3. The first-order valence-corrected chi connectivity index (χ1v) is 9.85. The minimum atomic E-state index is 0. The molecule has 0 unspecified atom stereocenters. The van der Waals surface area contributed by atoms with Crippen molar-refractivity contribution in [1.29, 1.82) is 0 Å². The Bertz CT molecular complexity index is 740. The summed E-state index contributed by atoms with van der Waals surface area (Å²) in [7, 11) is 4.88. The summed E-state index contributed by atoms with van der Waals surface area (Å²) < 4.78 is 16.3. The van der Waals surface area contributed by atoms with Crippen LogP contribution < -0.4 is 24.8 Å². The highest BCUT2D eigenvalue weighted by Gasteiger charge is 2.13. The Kier molecular flexibility index (Phi) is 11.1. The van der Waals surface area contributed by atoms with E-state index in [2.05, 4.69) is 29.7 Å². The summed E-state index contributed by atoms with van der Waals surface area (Å²) in [6, 6.07) is 8.02. The molecule has 0 amide bonds. The molecule has 6 nitrogen and oxygen atoms in total. The highest BCUT2D eigenvalue weighted by molar-refractivity contribution is 14.0. The third-order valence-corrected chi connectivity index (χ3v) is 5.28. The quantitative estimate of drug-likeness (QED) is 0.295. The van der Waals surface area contributed by atoms with Crippen molar-refractivity contribution >= 4 is 41.3 Å². The summed E-state index contributed by atoms with van der Waals surface area (Å²) in [6.45, 7) is 6.17. The summed E-state index contributed by atoms with van der Waals surface area (Å²) in [5.41, 5.74) is 0.877. The molecule has 8 heteroatoms. The molecule has 2 aromatic rings. The van der Waals surface area contributed by atoms with Gasteiger partial charge < -0.3 is 24.8 Å². The van der Waals surface area contributed by atoms with Crippen molar-refractivity contribution in [3.05, 3.63) is 39.6 Å². The zero-order valence-electron chi connectivity index (χ0n) is 17.1. The van der Waals surface area contributed by atoms with Crippen LogP contribution in [0.4, 0.5) is 0 Å². The Hall–Kier alpha value is -1.68. The summed E-state index contributed by atoms with van der Waals surface area (Å²) >= 11 is 1.82. The van der Waals surface area contributed by atoms with Crippen LogP contribution in [0, 0.1) is 0 Å². The molecule has 0 aliphatic rings. The number of halogens is 1. The normalized spacial score (nSPS) is 10.8. The van der Waals surface area contributed by atoms with Crippen LogP contribution in [-0.4, -0.2) is 33.8 Å². The van der Waals surface area contributed by atoms with Gasteiger partial charge in [-0.2, -0.15) is 0 Å². The molecule has 0 bridgehead atoms. The van der Waals surface area contributed by atoms with Crippen LogP contribution in [0.15, 0.2) is 29.3 Å². The van der Waals surface area contributed by atoms with Crippen LogP contribution in [0.3, 0.4) is 0 Å². The Balaban J connectivity index is 0.00000392. The highest BCUT2D eigenvalue weighted by atomic mass is 127. The van der Waals surface area contributed by atoms with Gasteiger partial charge in [0, 0.05) is 28.4 Å². The predicted octanol–water partition coefficient (Wildman–Crippen LogP) is 4.21. The third-order valence-electron chi connectivity index (χ3n) is 4.05. The molecule has 0 saturated heterocycles. The molecule has 0 fully saturated rings. The van der Waals surface area contributed by atoms with Gasteiger partial charge in [-0.3, -0.25) is 0 Å². The maximum absolute atomic E-state index is 5.50. The fourth-order valence-corrected chi connectivity index (χ4v) is 3.51. The molecule has 0 aliphatic carbocycles. The fraction of sp³-hybridized carbons (Fsp3) is 0.450. The van der Waals surface area contributed by atoms with E-state index in [0.29, 0.717) is 23.8 Å². The van der Waals surface area contributed by atoms with Gasteiger partial charge in [-0.25, -0.2) is 4.99 Å². The van der Waals surface area contributed by atoms with E-state index in [1.54, 1.807) is 21.3 Å². The monoisotopic (exact) mass is 519 g/mol. The second-order valence-electron chi connectivity index (χ2n) is 5.78. The molecular formula is C20H30IN3O3S. The van der Waals surface area contributed by atoms with Gasteiger partial charge in [-0.05, 0) is 25.5 Å². The van der Waals surface area contributed by atoms with Crippen LogP contribution in [-0.2, 0) is 19.5 Å². The number of hydrogen-bond donors (Lipinski definition) is 2. The molecule has 0 aliphatic heterocycles. The highest BCUT2D eigenvalue weighted by Crippen LogP contribution is 2.34. The Morgan fingerprint density at radius 2 is 1.61 bits per heavy atom. The van der Waals surface area contributed by atoms with Gasteiger partial charge in [-0.1, -0.05) is 6.92 Å². The molecule has 1 aromatic heterocycles. The van der Waals surface area contributed by atoms with Crippen LogP contribution in [0.25, 0.3) is 0 Å². The SMILES string of the molecule is CCNC(=NCc1c(OC)cc(OC)cc1OC)NCc1ccc(CC)s1.I. The second kappa shape index (κ2) is 12.7. The minimum Gasteiger partial charge on any atom is -0.496 e. The Morgan fingerprint density at radius 3 is 2.11 bits per heavy atom. The number of aliphatic imine (C=N–C) groups is 1. The average molecular weight is 519 g/mol. The van der Waals surface area contributed by atoms with E-state index in [4.69, 9.17) is 19.2 Å². The second-order valence-corrected chi connectivity index (χ2v) is 7.03. The van der Waals surface area contributed by atoms with E-state index in [9.17, 15) is 0 Å². The first-order chi connectivity index (χ1) is 13.1. The summed E-state index contributed by atoms with van der Waals surface area (Å²) in [4.78, 5) is 7.38. The summed E-state index contributed by atoms with van der Waals surface area (Å²) in [5.74, 6) is 2.82. The largest absolute Gasteiger partial charge is 0.496 e. The molecule has 2 rings (SSSR count). The molecule has 0 saturated carbocycles. The molecule has 1 aromatic carbocycles. The maximum Gasteiger partial charge on any atom is 0.191 e. The van der Waals surface area contributed by atoms with E-state index < -0.39 is 0 Å². The van der Waals surface area contributed by atoms with E-state index in [0.717, 1.165) is 31.0 Å². The van der Waals surface area contributed by atoms with E-state index >= 15 is 0 Å². The lowest BCUT2D eigenvalue weighted by Crippen LogP contribution is -2.36. The third kappa shape index (κ3) is 6.73. The topological polar surface area (TPSA) is 64.1 Å². The van der Waals surface area contributed by atoms with Gasteiger partial charge in [0.05, 0.1) is 40.0 Å². The number of methoxy groups -OCH3 is 3. The Morgan fingerprint density at radius 1 is 0.964 bits per heavy atom. The molecule has 0 spiro atoms. The molecule has 0 atom stereocenters.